The molecule has 0 rings (SSSR count). The molecule has 0 amide bonds. The highest BCUT2D eigenvalue weighted by Crippen LogP contribution is 2.43. The fraction of sp³-hybridized carbons (Fsp3) is 0.583. The van der Waals surface area contributed by atoms with E-state index in [0.29, 0.717) is 19.4 Å². The van der Waals surface area contributed by atoms with E-state index in [4.69, 9.17) is 18.5 Å². The summed E-state index contributed by atoms with van der Waals surface area (Å²) < 4.78 is 33.1. The molecule has 9 nitrogen and oxygen atoms in total. The molecule has 58 heavy (non-hydrogen) atoms. The molecular formula is C48H78NO8P. The number of hydrogen-bond donors (Lipinski definition) is 2. The molecular weight excluding hydrogens is 750 g/mol. The Hall–Kier alpha value is -3.33. The molecule has 0 saturated carbocycles. The number of allylic oxidation sites excluding steroid dienone is 18. The Morgan fingerprint density at radius 2 is 1.00 bits per heavy atom. The standard InChI is InChI=1S/C48H78NO8P/c1-4-6-8-10-12-14-16-18-20-22-23-25-27-29-31-33-35-37-39-41-48(51)57-46(45-56-58(52,53)55-43-42-49-3)44-54-47(50)40-38-36-34-32-30-28-26-24-21-19-17-15-13-11-9-7-5-2/h6,8,12-15,18-21,23,25-26,28-29,31-32,34,46,49H,4-5,7,9-11,16-17,22,24,27,30,33,35-45H2,1-3H3,(H,52,53)/b8-6-,14-12-,15-13-,20-18-,21-19-,25-23-,28-26-,31-29-,34-32-. The van der Waals surface area contributed by atoms with Gasteiger partial charge < -0.3 is 19.7 Å². The minimum absolute atomic E-state index is 0.0389. The van der Waals surface area contributed by atoms with Gasteiger partial charge in [-0.25, -0.2) is 4.57 Å². The number of esters is 2. The number of rotatable bonds is 39. The van der Waals surface area contributed by atoms with Crippen LogP contribution in [0.3, 0.4) is 0 Å². The molecule has 0 aliphatic rings. The van der Waals surface area contributed by atoms with Crippen molar-refractivity contribution in [2.45, 2.75) is 148 Å². The fourth-order valence-electron chi connectivity index (χ4n) is 5.10. The zero-order chi connectivity index (χ0) is 42.5. The Kier molecular flexibility index (Phi) is 40.8. The van der Waals surface area contributed by atoms with Crippen molar-refractivity contribution in [3.63, 3.8) is 0 Å². The van der Waals surface area contributed by atoms with Gasteiger partial charge in [0.25, 0.3) is 0 Å². The first kappa shape index (κ1) is 54.7. The molecule has 0 aliphatic heterocycles. The van der Waals surface area contributed by atoms with Crippen molar-refractivity contribution in [3.8, 4) is 0 Å². The van der Waals surface area contributed by atoms with Crippen molar-refractivity contribution in [2.24, 2.45) is 0 Å². The average molecular weight is 828 g/mol. The highest BCUT2D eigenvalue weighted by molar-refractivity contribution is 7.47. The van der Waals surface area contributed by atoms with Gasteiger partial charge in [0.2, 0.25) is 0 Å². The van der Waals surface area contributed by atoms with E-state index in [1.165, 1.54) is 25.7 Å². The number of hydrogen-bond acceptors (Lipinski definition) is 8. The molecule has 0 aromatic carbocycles. The molecule has 0 aromatic rings. The lowest BCUT2D eigenvalue weighted by atomic mass is 10.1. The highest BCUT2D eigenvalue weighted by atomic mass is 31.2. The molecule has 0 bridgehead atoms. The van der Waals surface area contributed by atoms with Crippen LogP contribution in [0.4, 0.5) is 0 Å². The quantitative estimate of drug-likeness (QED) is 0.0270. The maximum Gasteiger partial charge on any atom is 0.472 e. The van der Waals surface area contributed by atoms with Gasteiger partial charge in [0, 0.05) is 19.4 Å². The SMILES string of the molecule is CC/C=C\C/C=C\C/C=C\C/C=C\C/C=C\CCCCCC(=O)OC(COC(=O)CCC/C=C\C/C=C\C/C=C\C/C=C\CCCCC)COP(=O)(O)OCCNC. The molecule has 0 fully saturated rings. The minimum atomic E-state index is -4.38. The Bertz CT molecular complexity index is 1310. The van der Waals surface area contributed by atoms with E-state index in [1.54, 1.807) is 7.05 Å². The molecule has 0 aliphatic carbocycles. The van der Waals surface area contributed by atoms with E-state index in [0.717, 1.165) is 77.0 Å². The van der Waals surface area contributed by atoms with Gasteiger partial charge >= 0.3 is 19.8 Å². The number of ether oxygens (including phenoxy) is 2. The Balaban J connectivity index is 4.41. The number of carbonyl (C=O) groups is 2. The molecule has 0 saturated heterocycles. The van der Waals surface area contributed by atoms with E-state index in [2.05, 4.69) is 122 Å². The molecule has 0 aromatic heterocycles. The van der Waals surface area contributed by atoms with Crippen LogP contribution >= 0.6 is 7.82 Å². The van der Waals surface area contributed by atoms with Crippen LogP contribution < -0.4 is 5.32 Å². The topological polar surface area (TPSA) is 120 Å². The van der Waals surface area contributed by atoms with Crippen molar-refractivity contribution in [2.75, 3.05) is 33.4 Å². The van der Waals surface area contributed by atoms with Gasteiger partial charge in [-0.3, -0.25) is 18.6 Å². The lowest BCUT2D eigenvalue weighted by Gasteiger charge is -2.20. The van der Waals surface area contributed by atoms with E-state index in [9.17, 15) is 19.0 Å². The first-order valence-corrected chi connectivity index (χ1v) is 23.3. The fourth-order valence-corrected chi connectivity index (χ4v) is 5.85. The highest BCUT2D eigenvalue weighted by Gasteiger charge is 2.26. The maximum absolute atomic E-state index is 12.6. The van der Waals surface area contributed by atoms with Crippen molar-refractivity contribution in [1.29, 1.82) is 0 Å². The normalized spacial score (nSPS) is 14.3. The third kappa shape index (κ3) is 42.3. The van der Waals surface area contributed by atoms with E-state index in [-0.39, 0.29) is 26.1 Å². The number of phosphoric ester groups is 1. The minimum Gasteiger partial charge on any atom is -0.462 e. The van der Waals surface area contributed by atoms with Gasteiger partial charge in [-0.2, -0.15) is 0 Å². The monoisotopic (exact) mass is 828 g/mol. The van der Waals surface area contributed by atoms with Crippen molar-refractivity contribution < 1.29 is 37.6 Å². The third-order valence-corrected chi connectivity index (χ3v) is 9.36. The smallest absolute Gasteiger partial charge is 0.462 e. The van der Waals surface area contributed by atoms with E-state index >= 15 is 0 Å². The number of unbranched alkanes of at least 4 members (excludes halogenated alkanes) is 7. The van der Waals surface area contributed by atoms with Gasteiger partial charge in [-0.1, -0.05) is 142 Å². The lowest BCUT2D eigenvalue weighted by Crippen LogP contribution is -2.29. The number of carbonyl (C=O) groups excluding carboxylic acids is 2. The molecule has 2 N–H and O–H groups in total. The summed E-state index contributed by atoms with van der Waals surface area (Å²) in [5.41, 5.74) is 0. The van der Waals surface area contributed by atoms with Gasteiger partial charge in [-0.15, -0.1) is 0 Å². The lowest BCUT2D eigenvalue weighted by molar-refractivity contribution is -0.161. The second kappa shape index (κ2) is 43.3. The van der Waals surface area contributed by atoms with Crippen LogP contribution in [0.1, 0.15) is 142 Å². The van der Waals surface area contributed by atoms with Crippen LogP contribution in [0.25, 0.3) is 0 Å². The van der Waals surface area contributed by atoms with Gasteiger partial charge in [-0.05, 0) is 103 Å². The van der Waals surface area contributed by atoms with Crippen LogP contribution in [0.5, 0.6) is 0 Å². The molecule has 0 spiro atoms. The first-order valence-electron chi connectivity index (χ1n) is 21.8. The molecule has 328 valence electrons. The van der Waals surface area contributed by atoms with Gasteiger partial charge in [0.05, 0.1) is 13.2 Å². The summed E-state index contributed by atoms with van der Waals surface area (Å²) in [5.74, 6) is -0.923. The van der Waals surface area contributed by atoms with Gasteiger partial charge in [0.1, 0.15) is 6.61 Å². The van der Waals surface area contributed by atoms with Crippen LogP contribution in [0.2, 0.25) is 0 Å². The summed E-state index contributed by atoms with van der Waals surface area (Å²) in [6, 6.07) is 0. The Labute approximate surface area is 352 Å². The second-order valence-electron chi connectivity index (χ2n) is 13.8. The van der Waals surface area contributed by atoms with Crippen molar-refractivity contribution in [1.82, 2.24) is 5.32 Å². The van der Waals surface area contributed by atoms with Crippen LogP contribution in [-0.4, -0.2) is 56.3 Å². The molecule has 2 unspecified atom stereocenters. The van der Waals surface area contributed by atoms with Crippen LogP contribution in [0.15, 0.2) is 109 Å². The molecule has 10 heteroatoms. The number of phosphoric acid groups is 1. The summed E-state index contributed by atoms with van der Waals surface area (Å²) in [6.45, 7) is 3.95. The Morgan fingerprint density at radius 1 is 0.552 bits per heavy atom. The van der Waals surface area contributed by atoms with E-state index < -0.39 is 32.5 Å². The second-order valence-corrected chi connectivity index (χ2v) is 15.2. The Morgan fingerprint density at radius 3 is 1.48 bits per heavy atom. The zero-order valence-corrected chi connectivity index (χ0v) is 37.1. The first-order chi connectivity index (χ1) is 28.3. The largest absolute Gasteiger partial charge is 0.472 e. The van der Waals surface area contributed by atoms with Crippen molar-refractivity contribution in [3.05, 3.63) is 109 Å². The molecule has 0 heterocycles. The summed E-state index contributed by atoms with van der Waals surface area (Å²) in [4.78, 5) is 35.1. The summed E-state index contributed by atoms with van der Waals surface area (Å²) in [6.07, 6.45) is 55.7. The predicted molar refractivity (Wildman–Crippen MR) is 242 cm³/mol. The van der Waals surface area contributed by atoms with Gasteiger partial charge in [0.15, 0.2) is 6.10 Å². The summed E-state index contributed by atoms with van der Waals surface area (Å²) in [5, 5.41) is 2.81. The predicted octanol–water partition coefficient (Wildman–Crippen LogP) is 12.6. The maximum atomic E-state index is 12.6. The third-order valence-electron chi connectivity index (χ3n) is 8.38. The van der Waals surface area contributed by atoms with Crippen LogP contribution in [0, 0.1) is 0 Å². The van der Waals surface area contributed by atoms with Crippen LogP contribution in [-0.2, 0) is 32.7 Å². The zero-order valence-electron chi connectivity index (χ0n) is 36.2. The average Bonchev–Trinajstić information content (AvgIpc) is 3.21. The van der Waals surface area contributed by atoms with E-state index in [1.807, 2.05) is 6.08 Å². The summed E-state index contributed by atoms with van der Waals surface area (Å²) in [7, 11) is -2.69. The molecule has 2 atom stereocenters. The number of likely N-dealkylation sites (N-methyl/N-ethyl adjacent to an activating group) is 1. The number of nitrogens with one attached hydrogen (secondary N) is 1. The molecule has 0 radical (unpaired) electrons. The van der Waals surface area contributed by atoms with Crippen molar-refractivity contribution >= 4 is 19.8 Å². The summed E-state index contributed by atoms with van der Waals surface area (Å²) >= 11 is 0.